The average molecular weight is 291 g/mol. The lowest BCUT2D eigenvalue weighted by molar-refractivity contribution is 0.0951. The van der Waals surface area contributed by atoms with Crippen LogP contribution in [0.25, 0.3) is 0 Å². The number of pyridine rings is 1. The molecule has 1 aromatic rings. The number of hydrogen-bond acceptors (Lipinski definition) is 3. The standard InChI is InChI=1S/C16H25N3O2/c1-18-12-7-14(13-15(18)20)16(21)17-8-6-11-19-9-4-2-3-5-10-19/h7,12-13H,2-6,8-11H2,1H3,(H,17,21). The molecule has 0 aliphatic carbocycles. The van der Waals surface area contributed by atoms with E-state index in [9.17, 15) is 9.59 Å². The lowest BCUT2D eigenvalue weighted by Crippen LogP contribution is -2.31. The molecular formula is C16H25N3O2. The number of nitrogens with one attached hydrogen (secondary N) is 1. The van der Waals surface area contributed by atoms with Crippen LogP contribution in [0.5, 0.6) is 0 Å². The Morgan fingerprint density at radius 1 is 1.24 bits per heavy atom. The van der Waals surface area contributed by atoms with Gasteiger partial charge >= 0.3 is 0 Å². The third-order valence-electron chi connectivity index (χ3n) is 4.00. The van der Waals surface area contributed by atoms with Gasteiger partial charge in [0.1, 0.15) is 0 Å². The Bertz CT molecular complexity index is 516. The SMILES string of the molecule is Cn1ccc(C(=O)NCCCN2CCCCCC2)cc1=O. The van der Waals surface area contributed by atoms with Gasteiger partial charge < -0.3 is 14.8 Å². The zero-order valence-electron chi connectivity index (χ0n) is 12.8. The van der Waals surface area contributed by atoms with Crippen molar-refractivity contribution < 1.29 is 4.79 Å². The summed E-state index contributed by atoms with van der Waals surface area (Å²) >= 11 is 0. The molecule has 1 fully saturated rings. The molecule has 2 rings (SSSR count). The van der Waals surface area contributed by atoms with Crippen LogP contribution in [0.15, 0.2) is 23.1 Å². The fourth-order valence-electron chi connectivity index (χ4n) is 2.66. The minimum Gasteiger partial charge on any atom is -0.352 e. The number of aryl methyl sites for hydroxylation is 1. The molecule has 0 atom stereocenters. The summed E-state index contributed by atoms with van der Waals surface area (Å²) in [6.07, 6.45) is 7.84. The van der Waals surface area contributed by atoms with Crippen LogP contribution in [0.2, 0.25) is 0 Å². The number of aromatic nitrogens is 1. The average Bonchev–Trinajstić information content (AvgIpc) is 2.75. The quantitative estimate of drug-likeness (QED) is 0.834. The van der Waals surface area contributed by atoms with Crippen LogP contribution in [0.1, 0.15) is 42.5 Å². The first-order chi connectivity index (χ1) is 10.2. The number of nitrogens with zero attached hydrogens (tertiary/aromatic N) is 2. The van der Waals surface area contributed by atoms with Crippen molar-refractivity contribution in [2.45, 2.75) is 32.1 Å². The van der Waals surface area contributed by atoms with E-state index in [4.69, 9.17) is 0 Å². The van der Waals surface area contributed by atoms with E-state index >= 15 is 0 Å². The molecule has 0 unspecified atom stereocenters. The van der Waals surface area contributed by atoms with E-state index in [2.05, 4.69) is 10.2 Å². The lowest BCUT2D eigenvalue weighted by Gasteiger charge is -2.19. The minimum absolute atomic E-state index is 0.160. The fourth-order valence-corrected chi connectivity index (χ4v) is 2.66. The molecule has 0 saturated carbocycles. The van der Waals surface area contributed by atoms with E-state index in [-0.39, 0.29) is 11.5 Å². The van der Waals surface area contributed by atoms with Gasteiger partial charge in [0.05, 0.1) is 0 Å². The molecule has 0 spiro atoms. The van der Waals surface area contributed by atoms with Crippen molar-refractivity contribution >= 4 is 5.91 Å². The van der Waals surface area contributed by atoms with Crippen molar-refractivity contribution in [1.29, 1.82) is 0 Å². The molecule has 1 amide bonds. The van der Waals surface area contributed by atoms with Crippen LogP contribution in [-0.2, 0) is 7.05 Å². The van der Waals surface area contributed by atoms with E-state index in [1.165, 1.54) is 49.4 Å². The Kier molecular flexibility index (Phi) is 5.99. The molecule has 1 aliphatic heterocycles. The molecule has 5 nitrogen and oxygen atoms in total. The smallest absolute Gasteiger partial charge is 0.251 e. The molecule has 116 valence electrons. The Morgan fingerprint density at radius 2 is 1.95 bits per heavy atom. The molecule has 1 N–H and O–H groups in total. The zero-order valence-corrected chi connectivity index (χ0v) is 12.8. The van der Waals surface area contributed by atoms with Gasteiger partial charge in [0.2, 0.25) is 0 Å². The number of amides is 1. The largest absolute Gasteiger partial charge is 0.352 e. The predicted molar refractivity (Wildman–Crippen MR) is 83.5 cm³/mol. The van der Waals surface area contributed by atoms with Crippen molar-refractivity contribution in [2.75, 3.05) is 26.2 Å². The zero-order chi connectivity index (χ0) is 15.1. The maximum atomic E-state index is 11.9. The van der Waals surface area contributed by atoms with Gasteiger partial charge in [-0.2, -0.15) is 0 Å². The Hall–Kier alpha value is -1.62. The number of carbonyl (C=O) groups is 1. The second kappa shape index (κ2) is 7.98. The van der Waals surface area contributed by atoms with Gasteiger partial charge in [-0.1, -0.05) is 12.8 Å². The molecule has 21 heavy (non-hydrogen) atoms. The summed E-state index contributed by atoms with van der Waals surface area (Å²) in [4.78, 5) is 25.9. The van der Waals surface area contributed by atoms with Gasteiger partial charge in [-0.05, 0) is 45.0 Å². The van der Waals surface area contributed by atoms with Crippen molar-refractivity contribution in [1.82, 2.24) is 14.8 Å². The highest BCUT2D eigenvalue weighted by atomic mass is 16.2. The van der Waals surface area contributed by atoms with Crippen LogP contribution in [0.4, 0.5) is 0 Å². The molecule has 1 saturated heterocycles. The van der Waals surface area contributed by atoms with Crippen molar-refractivity contribution in [3.63, 3.8) is 0 Å². The first kappa shape index (κ1) is 15.8. The molecule has 0 bridgehead atoms. The van der Waals surface area contributed by atoms with Gasteiger partial charge in [-0.15, -0.1) is 0 Å². The fraction of sp³-hybridized carbons (Fsp3) is 0.625. The highest BCUT2D eigenvalue weighted by molar-refractivity contribution is 5.93. The lowest BCUT2D eigenvalue weighted by atomic mass is 10.2. The second-order valence-corrected chi connectivity index (χ2v) is 5.73. The summed E-state index contributed by atoms with van der Waals surface area (Å²) in [5, 5.41) is 2.89. The topological polar surface area (TPSA) is 54.3 Å². The molecule has 1 aliphatic rings. The number of carbonyl (C=O) groups excluding carboxylic acids is 1. The van der Waals surface area contributed by atoms with E-state index in [0.717, 1.165) is 13.0 Å². The molecule has 5 heteroatoms. The summed E-state index contributed by atoms with van der Waals surface area (Å²) in [5.41, 5.74) is 0.278. The van der Waals surface area contributed by atoms with Crippen molar-refractivity contribution in [3.05, 3.63) is 34.2 Å². The van der Waals surface area contributed by atoms with Gasteiger partial charge in [-0.25, -0.2) is 0 Å². The summed E-state index contributed by atoms with van der Waals surface area (Å²) in [7, 11) is 1.67. The van der Waals surface area contributed by atoms with Gasteiger partial charge in [0.25, 0.3) is 11.5 Å². The second-order valence-electron chi connectivity index (χ2n) is 5.73. The Morgan fingerprint density at radius 3 is 2.62 bits per heavy atom. The molecule has 2 heterocycles. The third-order valence-corrected chi connectivity index (χ3v) is 4.00. The number of likely N-dealkylation sites (tertiary alicyclic amines) is 1. The summed E-state index contributed by atoms with van der Waals surface area (Å²) < 4.78 is 1.45. The maximum Gasteiger partial charge on any atom is 0.251 e. The number of hydrogen-bond donors (Lipinski definition) is 1. The third kappa shape index (κ3) is 5.01. The van der Waals surface area contributed by atoms with E-state index < -0.39 is 0 Å². The molecule has 1 aromatic heterocycles. The molecule has 0 radical (unpaired) electrons. The first-order valence-corrected chi connectivity index (χ1v) is 7.84. The van der Waals surface area contributed by atoms with E-state index in [0.29, 0.717) is 12.1 Å². The maximum absolute atomic E-state index is 11.9. The summed E-state index contributed by atoms with van der Waals surface area (Å²) in [5.74, 6) is -0.163. The van der Waals surface area contributed by atoms with E-state index in [1.807, 2.05) is 0 Å². The van der Waals surface area contributed by atoms with Crippen LogP contribution in [-0.4, -0.2) is 41.6 Å². The highest BCUT2D eigenvalue weighted by Gasteiger charge is 2.09. The summed E-state index contributed by atoms with van der Waals surface area (Å²) in [6, 6.07) is 3.05. The first-order valence-electron chi connectivity index (χ1n) is 7.84. The van der Waals surface area contributed by atoms with Gasteiger partial charge in [-0.3, -0.25) is 9.59 Å². The minimum atomic E-state index is -0.163. The van der Waals surface area contributed by atoms with Gasteiger partial charge in [0, 0.05) is 31.4 Å². The van der Waals surface area contributed by atoms with Crippen LogP contribution in [0.3, 0.4) is 0 Å². The summed E-state index contributed by atoms with van der Waals surface area (Å²) in [6.45, 7) is 4.06. The van der Waals surface area contributed by atoms with Gasteiger partial charge in [0.15, 0.2) is 0 Å². The van der Waals surface area contributed by atoms with Crippen LogP contribution < -0.4 is 10.9 Å². The van der Waals surface area contributed by atoms with Crippen molar-refractivity contribution in [3.8, 4) is 0 Å². The molecule has 0 aromatic carbocycles. The Balaban J connectivity index is 1.71. The van der Waals surface area contributed by atoms with Crippen LogP contribution in [0, 0.1) is 0 Å². The highest BCUT2D eigenvalue weighted by Crippen LogP contribution is 2.09. The van der Waals surface area contributed by atoms with Crippen LogP contribution >= 0.6 is 0 Å². The number of rotatable bonds is 5. The molecular weight excluding hydrogens is 266 g/mol. The van der Waals surface area contributed by atoms with E-state index in [1.54, 1.807) is 19.3 Å². The Labute approximate surface area is 126 Å². The normalized spacial score (nSPS) is 16.4. The van der Waals surface area contributed by atoms with Crippen molar-refractivity contribution in [2.24, 2.45) is 7.05 Å². The monoisotopic (exact) mass is 291 g/mol. The predicted octanol–water partition coefficient (Wildman–Crippen LogP) is 1.38.